The number of hydrogen-bond acceptors (Lipinski definition) is 6. The van der Waals surface area contributed by atoms with Gasteiger partial charge in [-0.05, 0) is 29.8 Å². The lowest BCUT2D eigenvalue weighted by atomic mass is 10.1. The molecule has 2 aromatic carbocycles. The summed E-state index contributed by atoms with van der Waals surface area (Å²) in [6, 6.07) is 14.3. The number of benzene rings is 2. The van der Waals surface area contributed by atoms with Crippen LogP contribution in [0.15, 0.2) is 65.7 Å². The lowest BCUT2D eigenvalue weighted by Crippen LogP contribution is -2.31. The maximum absolute atomic E-state index is 13.2. The summed E-state index contributed by atoms with van der Waals surface area (Å²) in [6.07, 6.45) is 3.19. The Morgan fingerprint density at radius 2 is 1.87 bits per heavy atom. The molecule has 0 saturated carbocycles. The summed E-state index contributed by atoms with van der Waals surface area (Å²) in [5, 5.41) is 3.70. The van der Waals surface area contributed by atoms with Crippen molar-refractivity contribution in [3.63, 3.8) is 0 Å². The van der Waals surface area contributed by atoms with Crippen LogP contribution in [0.5, 0.6) is 5.88 Å². The Kier molecular flexibility index (Phi) is 5.90. The van der Waals surface area contributed by atoms with Crippen LogP contribution >= 0.6 is 11.6 Å². The highest BCUT2D eigenvalue weighted by molar-refractivity contribution is 6.30. The fourth-order valence-corrected chi connectivity index (χ4v) is 3.26. The third kappa shape index (κ3) is 4.70. The van der Waals surface area contributed by atoms with Crippen molar-refractivity contribution in [2.75, 3.05) is 12.4 Å². The second-order valence-corrected chi connectivity index (χ2v) is 7.17. The second kappa shape index (κ2) is 8.93. The second-order valence-electron chi connectivity index (χ2n) is 6.73. The lowest BCUT2D eigenvalue weighted by Gasteiger charge is -2.14. The van der Waals surface area contributed by atoms with E-state index in [0.29, 0.717) is 28.2 Å². The maximum Gasteiger partial charge on any atom is 0.261 e. The topological polar surface area (TPSA) is 99.0 Å². The van der Waals surface area contributed by atoms with Gasteiger partial charge >= 0.3 is 0 Å². The molecule has 1 N–H and O–H groups in total. The van der Waals surface area contributed by atoms with E-state index in [1.165, 1.54) is 24.1 Å². The van der Waals surface area contributed by atoms with Crippen LogP contribution in [0.2, 0.25) is 5.02 Å². The van der Waals surface area contributed by atoms with Gasteiger partial charge in [-0.15, -0.1) is 0 Å². The van der Waals surface area contributed by atoms with E-state index >= 15 is 0 Å². The number of nitrogens with one attached hydrogen (secondary N) is 1. The third-order valence-corrected chi connectivity index (χ3v) is 4.86. The number of nitrogens with zero attached hydrogens (tertiary/aromatic N) is 4. The van der Waals surface area contributed by atoms with E-state index in [9.17, 15) is 9.59 Å². The molecule has 0 bridgehead atoms. The minimum atomic E-state index is -0.431. The van der Waals surface area contributed by atoms with Gasteiger partial charge in [0.15, 0.2) is 5.82 Å². The number of para-hydroxylation sites is 1. The number of hydrogen-bond donors (Lipinski definition) is 1. The van der Waals surface area contributed by atoms with E-state index in [1.807, 2.05) is 18.2 Å². The first-order chi connectivity index (χ1) is 15.0. The standard InChI is InChI=1S/C22H18ClN5O3/c1-31-21-12-24-11-18(27-21)26-20(29)13-28-19(10-14-6-8-15(23)9-7-14)25-17-5-3-2-4-16(17)22(28)30/h2-9,11-12H,10,13H2,1H3,(H,26,27,29). The predicted octanol–water partition coefficient (Wildman–Crippen LogP) is 3.08. The molecule has 2 aromatic heterocycles. The van der Waals surface area contributed by atoms with Gasteiger partial charge in [-0.25, -0.2) is 4.98 Å². The van der Waals surface area contributed by atoms with Gasteiger partial charge in [0.25, 0.3) is 5.56 Å². The Morgan fingerprint density at radius 1 is 1.10 bits per heavy atom. The van der Waals surface area contributed by atoms with E-state index in [4.69, 9.17) is 16.3 Å². The highest BCUT2D eigenvalue weighted by Crippen LogP contribution is 2.15. The Balaban J connectivity index is 1.68. The van der Waals surface area contributed by atoms with Crippen molar-refractivity contribution < 1.29 is 9.53 Å². The van der Waals surface area contributed by atoms with Crippen LogP contribution in [-0.4, -0.2) is 32.5 Å². The SMILES string of the molecule is COc1cncc(NC(=O)Cn2c(Cc3ccc(Cl)cc3)nc3ccccc3c2=O)n1. The largest absolute Gasteiger partial charge is 0.480 e. The quantitative estimate of drug-likeness (QED) is 0.499. The van der Waals surface area contributed by atoms with Crippen molar-refractivity contribution in [3.05, 3.63) is 87.7 Å². The van der Waals surface area contributed by atoms with Gasteiger partial charge < -0.3 is 10.1 Å². The molecule has 0 unspecified atom stereocenters. The van der Waals surface area contributed by atoms with Crippen LogP contribution in [0.4, 0.5) is 5.82 Å². The van der Waals surface area contributed by atoms with E-state index in [0.717, 1.165) is 5.56 Å². The Labute approximate surface area is 182 Å². The summed E-state index contributed by atoms with van der Waals surface area (Å²) in [6.45, 7) is -0.224. The molecule has 0 atom stereocenters. The normalized spacial score (nSPS) is 10.8. The number of methoxy groups -OCH3 is 1. The Bertz CT molecular complexity index is 1300. The molecule has 0 saturated heterocycles. The van der Waals surface area contributed by atoms with Gasteiger partial charge in [-0.1, -0.05) is 35.9 Å². The van der Waals surface area contributed by atoms with Crippen molar-refractivity contribution in [3.8, 4) is 5.88 Å². The van der Waals surface area contributed by atoms with E-state index in [2.05, 4.69) is 20.3 Å². The molecule has 0 radical (unpaired) electrons. The van der Waals surface area contributed by atoms with Crippen LogP contribution in [0.3, 0.4) is 0 Å². The molecule has 4 aromatic rings. The van der Waals surface area contributed by atoms with Crippen LogP contribution < -0.4 is 15.6 Å². The average Bonchev–Trinajstić information content (AvgIpc) is 2.78. The van der Waals surface area contributed by atoms with Crippen LogP contribution in [-0.2, 0) is 17.8 Å². The summed E-state index contributed by atoms with van der Waals surface area (Å²) in [4.78, 5) is 38.6. The molecule has 0 aliphatic rings. The number of carbonyl (C=O) groups is 1. The first kappa shape index (κ1) is 20.5. The number of fused-ring (bicyclic) bond motifs is 1. The van der Waals surface area contributed by atoms with Crippen molar-refractivity contribution in [2.24, 2.45) is 0 Å². The predicted molar refractivity (Wildman–Crippen MR) is 117 cm³/mol. The summed E-state index contributed by atoms with van der Waals surface area (Å²) < 4.78 is 6.39. The lowest BCUT2D eigenvalue weighted by molar-refractivity contribution is -0.116. The molecule has 31 heavy (non-hydrogen) atoms. The summed E-state index contributed by atoms with van der Waals surface area (Å²) in [5.74, 6) is 0.535. The number of amides is 1. The van der Waals surface area contributed by atoms with Crippen molar-refractivity contribution in [1.29, 1.82) is 0 Å². The van der Waals surface area contributed by atoms with Gasteiger partial charge in [0.2, 0.25) is 11.8 Å². The summed E-state index contributed by atoms with van der Waals surface area (Å²) in [7, 11) is 1.46. The van der Waals surface area contributed by atoms with Crippen molar-refractivity contribution in [2.45, 2.75) is 13.0 Å². The summed E-state index contributed by atoms with van der Waals surface area (Å²) in [5.41, 5.74) is 1.20. The molecule has 4 rings (SSSR count). The average molecular weight is 436 g/mol. The Hall–Kier alpha value is -3.78. The van der Waals surface area contributed by atoms with Crippen LogP contribution in [0.1, 0.15) is 11.4 Å². The first-order valence-corrected chi connectivity index (χ1v) is 9.80. The van der Waals surface area contributed by atoms with Crippen LogP contribution in [0.25, 0.3) is 10.9 Å². The van der Waals surface area contributed by atoms with Gasteiger partial charge in [0.05, 0.1) is 30.4 Å². The highest BCUT2D eigenvalue weighted by atomic mass is 35.5. The van der Waals surface area contributed by atoms with E-state index < -0.39 is 5.91 Å². The number of halogens is 1. The maximum atomic E-state index is 13.2. The zero-order valence-electron chi connectivity index (χ0n) is 16.6. The first-order valence-electron chi connectivity index (χ1n) is 9.42. The van der Waals surface area contributed by atoms with Crippen molar-refractivity contribution in [1.82, 2.24) is 19.5 Å². The van der Waals surface area contributed by atoms with Gasteiger partial charge in [-0.3, -0.25) is 19.1 Å². The van der Waals surface area contributed by atoms with Crippen LogP contribution in [0, 0.1) is 0 Å². The minimum absolute atomic E-state index is 0.224. The monoisotopic (exact) mass is 435 g/mol. The number of ether oxygens (including phenoxy) is 1. The molecule has 0 aliphatic heterocycles. The van der Waals surface area contributed by atoms with Gasteiger partial charge in [-0.2, -0.15) is 4.98 Å². The zero-order chi connectivity index (χ0) is 21.8. The molecule has 156 valence electrons. The fraction of sp³-hybridized carbons (Fsp3) is 0.136. The van der Waals surface area contributed by atoms with Gasteiger partial charge in [0.1, 0.15) is 12.4 Å². The van der Waals surface area contributed by atoms with E-state index in [1.54, 1.807) is 30.3 Å². The Morgan fingerprint density at radius 3 is 2.65 bits per heavy atom. The number of carbonyl (C=O) groups excluding carboxylic acids is 1. The molecular formula is C22H18ClN5O3. The van der Waals surface area contributed by atoms with E-state index in [-0.39, 0.29) is 23.8 Å². The molecule has 9 heteroatoms. The molecular weight excluding hydrogens is 418 g/mol. The third-order valence-electron chi connectivity index (χ3n) is 4.61. The molecule has 0 aliphatic carbocycles. The number of anilines is 1. The summed E-state index contributed by atoms with van der Waals surface area (Å²) >= 11 is 5.97. The molecule has 1 amide bonds. The zero-order valence-corrected chi connectivity index (χ0v) is 17.3. The minimum Gasteiger partial charge on any atom is -0.480 e. The molecule has 8 nitrogen and oxygen atoms in total. The molecule has 2 heterocycles. The molecule has 0 fully saturated rings. The fourth-order valence-electron chi connectivity index (χ4n) is 3.13. The van der Waals surface area contributed by atoms with Gasteiger partial charge in [0, 0.05) is 11.4 Å². The van der Waals surface area contributed by atoms with Crippen molar-refractivity contribution >= 4 is 34.2 Å². The smallest absolute Gasteiger partial charge is 0.261 e. The number of aromatic nitrogens is 4. The number of rotatable bonds is 6. The molecule has 0 spiro atoms. The highest BCUT2D eigenvalue weighted by Gasteiger charge is 2.15.